The molecule has 1 aliphatic carbocycles. The van der Waals surface area contributed by atoms with Gasteiger partial charge in [-0.15, -0.1) is 0 Å². The van der Waals surface area contributed by atoms with E-state index in [0.717, 1.165) is 0 Å². The van der Waals surface area contributed by atoms with Crippen LogP contribution in [0.5, 0.6) is 0 Å². The Labute approximate surface area is 107 Å². The molecule has 1 nitrogen and oxygen atoms in total. The smallest absolute Gasteiger partial charge is 0.0345 e. The van der Waals surface area contributed by atoms with Gasteiger partial charge in [0.05, 0.1) is 0 Å². The molecule has 0 heterocycles. The third-order valence-electron chi connectivity index (χ3n) is 3.38. The van der Waals surface area contributed by atoms with Gasteiger partial charge in [0.2, 0.25) is 0 Å². The minimum atomic E-state index is 0.683. The van der Waals surface area contributed by atoms with Gasteiger partial charge in [-0.3, -0.25) is 0 Å². The third-order valence-corrected chi connectivity index (χ3v) is 4.27. The van der Waals surface area contributed by atoms with Crippen LogP contribution in [-0.2, 0) is 0 Å². The number of halogens is 1. The molecule has 88 valence electrons. The predicted octanol–water partition coefficient (Wildman–Crippen LogP) is 4.89. The van der Waals surface area contributed by atoms with Crippen molar-refractivity contribution in [2.45, 2.75) is 51.5 Å². The summed E-state index contributed by atoms with van der Waals surface area (Å²) in [4.78, 5) is 0. The number of benzene rings is 1. The van der Waals surface area contributed by atoms with Crippen molar-refractivity contribution in [2.24, 2.45) is 0 Å². The largest absolute Gasteiger partial charge is 0.382 e. The Morgan fingerprint density at radius 2 is 1.81 bits per heavy atom. The van der Waals surface area contributed by atoms with Gasteiger partial charge in [0.1, 0.15) is 0 Å². The van der Waals surface area contributed by atoms with E-state index in [0.29, 0.717) is 6.04 Å². The van der Waals surface area contributed by atoms with Crippen molar-refractivity contribution in [3.05, 3.63) is 28.2 Å². The van der Waals surface area contributed by atoms with Gasteiger partial charge < -0.3 is 5.32 Å². The quantitative estimate of drug-likeness (QED) is 0.761. The molecular weight excluding hydrogens is 262 g/mol. The molecule has 16 heavy (non-hydrogen) atoms. The van der Waals surface area contributed by atoms with Crippen molar-refractivity contribution >= 4 is 21.6 Å². The van der Waals surface area contributed by atoms with Crippen LogP contribution >= 0.6 is 15.9 Å². The normalized spacial score (nSPS) is 18.1. The van der Waals surface area contributed by atoms with Crippen molar-refractivity contribution in [2.75, 3.05) is 5.32 Å². The fraction of sp³-hybridized carbons (Fsp3) is 0.571. The molecule has 0 radical (unpaired) electrons. The summed E-state index contributed by atoms with van der Waals surface area (Å²) in [6.45, 7) is 2.14. The number of rotatable bonds is 2. The first kappa shape index (κ1) is 12.0. The zero-order valence-electron chi connectivity index (χ0n) is 9.93. The molecule has 2 heteroatoms. The lowest BCUT2D eigenvalue weighted by Crippen LogP contribution is -2.18. The average molecular weight is 282 g/mol. The summed E-state index contributed by atoms with van der Waals surface area (Å²) < 4.78 is 1.19. The van der Waals surface area contributed by atoms with Crippen LogP contribution in [0.25, 0.3) is 0 Å². The molecule has 0 saturated heterocycles. The van der Waals surface area contributed by atoms with Gasteiger partial charge in [-0.1, -0.05) is 41.6 Å². The highest BCUT2D eigenvalue weighted by Crippen LogP contribution is 2.24. The van der Waals surface area contributed by atoms with Gasteiger partial charge >= 0.3 is 0 Å². The second kappa shape index (κ2) is 5.72. The first-order valence-corrected chi connectivity index (χ1v) is 7.08. The molecule has 1 fully saturated rings. The molecular formula is C14H20BrN. The molecule has 1 aliphatic rings. The van der Waals surface area contributed by atoms with Crippen molar-refractivity contribution in [1.82, 2.24) is 0 Å². The van der Waals surface area contributed by atoms with Crippen LogP contribution in [0.3, 0.4) is 0 Å². The first-order valence-electron chi connectivity index (χ1n) is 6.28. The molecule has 1 aromatic carbocycles. The van der Waals surface area contributed by atoms with E-state index in [9.17, 15) is 0 Å². The lowest BCUT2D eigenvalue weighted by atomic mass is 10.1. The zero-order chi connectivity index (χ0) is 11.4. The Kier molecular flexibility index (Phi) is 4.28. The average Bonchev–Trinajstić information content (AvgIpc) is 2.52. The molecule has 0 atom stereocenters. The van der Waals surface area contributed by atoms with Gasteiger partial charge in [0.15, 0.2) is 0 Å². The number of aryl methyl sites for hydroxylation is 1. The maximum Gasteiger partial charge on any atom is 0.0345 e. The van der Waals surface area contributed by atoms with Crippen LogP contribution < -0.4 is 5.32 Å². The highest BCUT2D eigenvalue weighted by Gasteiger charge is 2.11. The maximum atomic E-state index is 3.67. The van der Waals surface area contributed by atoms with Gasteiger partial charge in [0.25, 0.3) is 0 Å². The van der Waals surface area contributed by atoms with E-state index in [-0.39, 0.29) is 0 Å². The Bertz CT molecular complexity index is 341. The minimum Gasteiger partial charge on any atom is -0.382 e. The molecule has 2 rings (SSSR count). The second-order valence-corrected chi connectivity index (χ2v) is 5.65. The van der Waals surface area contributed by atoms with E-state index in [2.05, 4.69) is 46.4 Å². The highest BCUT2D eigenvalue weighted by atomic mass is 79.9. The second-order valence-electron chi connectivity index (χ2n) is 4.80. The molecule has 0 unspecified atom stereocenters. The van der Waals surface area contributed by atoms with Gasteiger partial charge in [0, 0.05) is 16.2 Å². The Hall–Kier alpha value is -0.500. The number of hydrogen-bond donors (Lipinski definition) is 1. The maximum absolute atomic E-state index is 3.67. The summed E-state index contributed by atoms with van der Waals surface area (Å²) in [6.07, 6.45) is 8.25. The van der Waals surface area contributed by atoms with Crippen LogP contribution in [0.2, 0.25) is 0 Å². The molecule has 0 spiro atoms. The molecule has 0 amide bonds. The van der Waals surface area contributed by atoms with Crippen LogP contribution in [0.4, 0.5) is 5.69 Å². The predicted molar refractivity (Wildman–Crippen MR) is 74.0 cm³/mol. The fourth-order valence-electron chi connectivity index (χ4n) is 2.39. The van der Waals surface area contributed by atoms with Crippen LogP contribution in [0, 0.1) is 6.92 Å². The Balaban J connectivity index is 1.99. The summed E-state index contributed by atoms with van der Waals surface area (Å²) in [5.74, 6) is 0. The summed E-state index contributed by atoms with van der Waals surface area (Å²) in [7, 11) is 0. The van der Waals surface area contributed by atoms with Crippen molar-refractivity contribution < 1.29 is 0 Å². The van der Waals surface area contributed by atoms with E-state index < -0.39 is 0 Å². The van der Waals surface area contributed by atoms with Gasteiger partial charge in [-0.2, -0.15) is 0 Å². The zero-order valence-corrected chi connectivity index (χ0v) is 11.5. The van der Waals surface area contributed by atoms with E-state index >= 15 is 0 Å². The van der Waals surface area contributed by atoms with Gasteiger partial charge in [-0.25, -0.2) is 0 Å². The molecule has 0 bridgehead atoms. The van der Waals surface area contributed by atoms with Crippen LogP contribution in [0.15, 0.2) is 22.7 Å². The van der Waals surface area contributed by atoms with Crippen molar-refractivity contribution in [3.8, 4) is 0 Å². The monoisotopic (exact) mass is 281 g/mol. The SMILES string of the molecule is Cc1cc(NC2CCCCCC2)ccc1Br. The number of anilines is 1. The van der Waals surface area contributed by atoms with Crippen molar-refractivity contribution in [1.29, 1.82) is 0 Å². The lowest BCUT2D eigenvalue weighted by Gasteiger charge is -2.18. The Morgan fingerprint density at radius 1 is 1.12 bits per heavy atom. The number of nitrogens with one attached hydrogen (secondary N) is 1. The summed E-state index contributed by atoms with van der Waals surface area (Å²) in [6, 6.07) is 7.22. The molecule has 0 aromatic heterocycles. The van der Waals surface area contributed by atoms with E-state index in [1.54, 1.807) is 0 Å². The standard InChI is InChI=1S/C14H20BrN/c1-11-10-13(8-9-14(11)15)16-12-6-4-2-3-5-7-12/h8-10,12,16H,2-7H2,1H3. The van der Waals surface area contributed by atoms with Crippen LogP contribution in [0.1, 0.15) is 44.1 Å². The molecule has 1 saturated carbocycles. The van der Waals surface area contributed by atoms with E-state index in [1.165, 1.54) is 54.2 Å². The van der Waals surface area contributed by atoms with E-state index in [4.69, 9.17) is 0 Å². The third kappa shape index (κ3) is 3.24. The number of hydrogen-bond acceptors (Lipinski definition) is 1. The lowest BCUT2D eigenvalue weighted by molar-refractivity contribution is 0.620. The van der Waals surface area contributed by atoms with Crippen LogP contribution in [-0.4, -0.2) is 6.04 Å². The minimum absolute atomic E-state index is 0.683. The summed E-state index contributed by atoms with van der Waals surface area (Å²) in [5.41, 5.74) is 2.58. The topological polar surface area (TPSA) is 12.0 Å². The highest BCUT2D eigenvalue weighted by molar-refractivity contribution is 9.10. The summed E-state index contributed by atoms with van der Waals surface area (Å²) in [5, 5.41) is 3.67. The Morgan fingerprint density at radius 3 is 2.44 bits per heavy atom. The molecule has 0 aliphatic heterocycles. The first-order chi connectivity index (χ1) is 7.75. The van der Waals surface area contributed by atoms with E-state index in [1.807, 2.05) is 0 Å². The van der Waals surface area contributed by atoms with Crippen molar-refractivity contribution in [3.63, 3.8) is 0 Å². The fourth-order valence-corrected chi connectivity index (χ4v) is 2.64. The summed E-state index contributed by atoms with van der Waals surface area (Å²) >= 11 is 3.54. The van der Waals surface area contributed by atoms with Gasteiger partial charge in [-0.05, 0) is 43.5 Å². The molecule has 1 N–H and O–H groups in total. The molecule has 1 aromatic rings.